The van der Waals surface area contributed by atoms with Crippen LogP contribution in [-0.2, 0) is 0 Å². The molecule has 19 heavy (non-hydrogen) atoms. The van der Waals surface area contributed by atoms with Crippen LogP contribution in [0, 0.1) is 6.92 Å². The fourth-order valence-corrected chi connectivity index (χ4v) is 2.96. The van der Waals surface area contributed by atoms with E-state index in [4.69, 9.17) is 34.8 Å². The van der Waals surface area contributed by atoms with Gasteiger partial charge in [0.05, 0.1) is 15.1 Å². The van der Waals surface area contributed by atoms with Gasteiger partial charge in [-0.1, -0.05) is 34.8 Å². The van der Waals surface area contributed by atoms with Crippen LogP contribution in [0.15, 0.2) is 29.7 Å². The van der Waals surface area contributed by atoms with Gasteiger partial charge in [-0.2, -0.15) is 0 Å². The summed E-state index contributed by atoms with van der Waals surface area (Å²) in [6, 6.07) is 5.14. The van der Waals surface area contributed by atoms with Crippen molar-refractivity contribution in [1.82, 2.24) is 0 Å². The van der Waals surface area contributed by atoms with Crippen molar-refractivity contribution in [1.29, 1.82) is 0 Å². The molecule has 0 bridgehead atoms. The molecule has 1 aromatic heterocycles. The Morgan fingerprint density at radius 1 is 1.16 bits per heavy atom. The Labute approximate surface area is 130 Å². The molecule has 0 aliphatic rings. The van der Waals surface area contributed by atoms with Gasteiger partial charge in [-0.3, -0.25) is 4.79 Å². The Kier molecular flexibility index (Phi) is 4.69. The van der Waals surface area contributed by atoms with Gasteiger partial charge in [0.2, 0.25) is 0 Å². The first kappa shape index (κ1) is 14.6. The molecule has 0 saturated carbocycles. The Bertz CT molecular complexity index is 659. The van der Waals surface area contributed by atoms with E-state index < -0.39 is 0 Å². The largest absolute Gasteiger partial charge is 0.289 e. The maximum Gasteiger partial charge on any atom is 0.187 e. The average Bonchev–Trinajstić information content (AvgIpc) is 2.79. The van der Waals surface area contributed by atoms with E-state index in [0.29, 0.717) is 10.6 Å². The Hall–Kier alpha value is -0.800. The lowest BCUT2D eigenvalue weighted by atomic mass is 10.1. The predicted octanol–water partition coefficient (Wildman–Crippen LogP) is 5.91. The van der Waals surface area contributed by atoms with Crippen LogP contribution in [0.4, 0.5) is 0 Å². The highest BCUT2D eigenvalue weighted by Gasteiger charge is 2.13. The number of aryl methyl sites for hydroxylation is 1. The van der Waals surface area contributed by atoms with Crippen LogP contribution in [0.25, 0.3) is 6.08 Å². The monoisotopic (exact) mass is 330 g/mol. The molecule has 0 unspecified atom stereocenters. The van der Waals surface area contributed by atoms with Gasteiger partial charge in [-0.15, -0.1) is 11.3 Å². The number of carbonyl (C=O) groups is 1. The maximum absolute atomic E-state index is 12.1. The van der Waals surface area contributed by atoms with Crippen molar-refractivity contribution >= 4 is 58.0 Å². The number of rotatable bonds is 3. The summed E-state index contributed by atoms with van der Waals surface area (Å²) in [6.45, 7) is 1.99. The number of allylic oxidation sites excluding steroid dienone is 1. The predicted molar refractivity (Wildman–Crippen MR) is 83.9 cm³/mol. The number of carbonyl (C=O) groups excluding carboxylic acids is 1. The Morgan fingerprint density at radius 2 is 1.89 bits per heavy atom. The average molecular weight is 332 g/mol. The molecule has 0 N–H and O–H groups in total. The van der Waals surface area contributed by atoms with Crippen molar-refractivity contribution in [3.8, 4) is 0 Å². The minimum absolute atomic E-state index is 0.187. The number of thiophene rings is 1. The van der Waals surface area contributed by atoms with Crippen LogP contribution < -0.4 is 0 Å². The van der Waals surface area contributed by atoms with Crippen LogP contribution >= 0.6 is 46.1 Å². The normalized spacial score (nSPS) is 11.2. The standard InChI is InChI=1S/C14H9Cl3OS/c1-8-6-7-19-12(8)5-4-11(18)9-2-3-10(15)14(17)13(9)16/h2-7H,1H3/b5-4+. The molecule has 1 heterocycles. The fourth-order valence-electron chi connectivity index (χ4n) is 1.51. The zero-order valence-corrected chi connectivity index (χ0v) is 13.0. The molecule has 2 rings (SSSR count). The van der Waals surface area contributed by atoms with Crippen LogP contribution in [-0.4, -0.2) is 5.78 Å². The van der Waals surface area contributed by atoms with Gasteiger partial charge in [-0.05, 0) is 48.2 Å². The second-order valence-corrected chi connectivity index (χ2v) is 6.00. The smallest absolute Gasteiger partial charge is 0.187 e. The van der Waals surface area contributed by atoms with E-state index in [1.807, 2.05) is 18.4 Å². The number of ketones is 1. The highest BCUT2D eigenvalue weighted by Crippen LogP contribution is 2.33. The highest BCUT2D eigenvalue weighted by molar-refractivity contribution is 7.11. The van der Waals surface area contributed by atoms with E-state index in [2.05, 4.69) is 0 Å². The molecule has 0 saturated heterocycles. The van der Waals surface area contributed by atoms with Gasteiger partial charge in [-0.25, -0.2) is 0 Å². The molecule has 0 amide bonds. The van der Waals surface area contributed by atoms with Gasteiger partial charge >= 0.3 is 0 Å². The third kappa shape index (κ3) is 3.21. The summed E-state index contributed by atoms with van der Waals surface area (Å²) in [7, 11) is 0. The SMILES string of the molecule is Cc1ccsc1/C=C/C(=O)c1ccc(Cl)c(Cl)c1Cl. The summed E-state index contributed by atoms with van der Waals surface area (Å²) in [5, 5.41) is 2.70. The van der Waals surface area contributed by atoms with Crippen LogP contribution in [0.2, 0.25) is 15.1 Å². The van der Waals surface area contributed by atoms with Gasteiger partial charge in [0, 0.05) is 10.4 Å². The van der Waals surface area contributed by atoms with Crippen LogP contribution in [0.3, 0.4) is 0 Å². The lowest BCUT2D eigenvalue weighted by Gasteiger charge is -2.03. The molecule has 1 aromatic carbocycles. The summed E-state index contributed by atoms with van der Waals surface area (Å²) in [4.78, 5) is 13.1. The Balaban J connectivity index is 2.29. The van der Waals surface area contributed by atoms with Crippen molar-refractivity contribution < 1.29 is 4.79 Å². The topological polar surface area (TPSA) is 17.1 Å². The van der Waals surface area contributed by atoms with E-state index in [1.165, 1.54) is 6.08 Å². The molecule has 0 atom stereocenters. The molecule has 0 radical (unpaired) electrons. The number of hydrogen-bond donors (Lipinski definition) is 0. The summed E-state index contributed by atoms with van der Waals surface area (Å²) in [6.07, 6.45) is 3.27. The molecule has 0 fully saturated rings. The van der Waals surface area contributed by atoms with E-state index >= 15 is 0 Å². The highest BCUT2D eigenvalue weighted by atomic mass is 35.5. The molecular weight excluding hydrogens is 323 g/mol. The van der Waals surface area contributed by atoms with Crippen molar-refractivity contribution in [3.63, 3.8) is 0 Å². The third-order valence-electron chi connectivity index (χ3n) is 2.59. The van der Waals surface area contributed by atoms with E-state index in [9.17, 15) is 4.79 Å². The molecule has 2 aromatic rings. The van der Waals surface area contributed by atoms with Gasteiger partial charge in [0.15, 0.2) is 5.78 Å². The molecule has 0 spiro atoms. The minimum Gasteiger partial charge on any atom is -0.289 e. The Morgan fingerprint density at radius 3 is 2.53 bits per heavy atom. The second-order valence-electron chi connectivity index (χ2n) is 3.89. The molecule has 0 aliphatic heterocycles. The summed E-state index contributed by atoms with van der Waals surface area (Å²) in [5.74, 6) is -0.198. The lowest BCUT2D eigenvalue weighted by molar-refractivity contribution is 0.104. The number of hydrogen-bond acceptors (Lipinski definition) is 2. The number of benzene rings is 1. The lowest BCUT2D eigenvalue weighted by Crippen LogP contribution is -1.96. The van der Waals surface area contributed by atoms with E-state index in [-0.39, 0.29) is 15.8 Å². The second kappa shape index (κ2) is 6.10. The maximum atomic E-state index is 12.1. The van der Waals surface area contributed by atoms with Gasteiger partial charge in [0.25, 0.3) is 0 Å². The number of halogens is 3. The van der Waals surface area contributed by atoms with Crippen LogP contribution in [0.1, 0.15) is 20.8 Å². The molecule has 5 heteroatoms. The fraction of sp³-hybridized carbons (Fsp3) is 0.0714. The zero-order valence-electron chi connectivity index (χ0n) is 9.91. The van der Waals surface area contributed by atoms with Crippen LogP contribution in [0.5, 0.6) is 0 Å². The van der Waals surface area contributed by atoms with E-state index in [0.717, 1.165) is 10.4 Å². The first-order valence-corrected chi connectivity index (χ1v) is 7.42. The van der Waals surface area contributed by atoms with Gasteiger partial charge < -0.3 is 0 Å². The summed E-state index contributed by atoms with van der Waals surface area (Å²) < 4.78 is 0. The molecule has 98 valence electrons. The summed E-state index contributed by atoms with van der Waals surface area (Å²) in [5.41, 5.74) is 1.48. The molecule has 1 nitrogen and oxygen atoms in total. The van der Waals surface area contributed by atoms with Gasteiger partial charge in [0.1, 0.15) is 0 Å². The molecule has 0 aliphatic carbocycles. The van der Waals surface area contributed by atoms with Crippen molar-refractivity contribution in [3.05, 3.63) is 60.7 Å². The summed E-state index contributed by atoms with van der Waals surface area (Å²) >= 11 is 19.3. The van der Waals surface area contributed by atoms with E-state index in [1.54, 1.807) is 29.5 Å². The van der Waals surface area contributed by atoms with Crippen molar-refractivity contribution in [2.24, 2.45) is 0 Å². The van der Waals surface area contributed by atoms with Crippen molar-refractivity contribution in [2.75, 3.05) is 0 Å². The first-order chi connectivity index (χ1) is 9.00. The first-order valence-electron chi connectivity index (χ1n) is 5.40. The zero-order chi connectivity index (χ0) is 14.0. The quantitative estimate of drug-likeness (QED) is 0.388. The molecular formula is C14H9Cl3OS. The minimum atomic E-state index is -0.198. The van der Waals surface area contributed by atoms with Crippen molar-refractivity contribution in [2.45, 2.75) is 6.92 Å². The third-order valence-corrected chi connectivity index (χ3v) is 4.87.